The van der Waals surface area contributed by atoms with E-state index in [1.165, 1.54) is 12.1 Å². The highest BCUT2D eigenvalue weighted by molar-refractivity contribution is 5.93. The Kier molecular flexibility index (Phi) is 6.09. The van der Waals surface area contributed by atoms with Gasteiger partial charge in [0.25, 0.3) is 0 Å². The van der Waals surface area contributed by atoms with E-state index in [-0.39, 0.29) is 30.9 Å². The molecule has 1 fully saturated rings. The minimum atomic E-state index is -0.362. The molecule has 0 spiro atoms. The van der Waals surface area contributed by atoms with E-state index in [1.54, 1.807) is 16.7 Å². The lowest BCUT2D eigenvalue weighted by Crippen LogP contribution is -2.50. The smallest absolute Gasteiger partial charge is 0.239 e. The van der Waals surface area contributed by atoms with Crippen LogP contribution in [-0.2, 0) is 9.53 Å². The lowest BCUT2D eigenvalue weighted by atomic mass is 10.2. The Morgan fingerprint density at radius 2 is 2.11 bits per heavy atom. The minimum Gasteiger partial charge on any atom is -0.395 e. The zero-order valence-electron chi connectivity index (χ0n) is 15.9. The van der Waals surface area contributed by atoms with Crippen LogP contribution in [0.4, 0.5) is 10.2 Å². The number of halogens is 1. The highest BCUT2D eigenvalue weighted by Gasteiger charge is 2.26. The van der Waals surface area contributed by atoms with Crippen LogP contribution in [0, 0.1) is 31.0 Å². The third kappa shape index (κ3) is 3.92. The van der Waals surface area contributed by atoms with E-state index in [9.17, 15) is 19.6 Å². The molecule has 0 aliphatic carbocycles. The Morgan fingerprint density at radius 1 is 1.39 bits per heavy atom. The van der Waals surface area contributed by atoms with Gasteiger partial charge in [-0.05, 0) is 43.7 Å². The van der Waals surface area contributed by atoms with Crippen LogP contribution in [0.5, 0.6) is 0 Å². The number of nitrogens with zero attached hydrogens (tertiary/aromatic N) is 3. The highest BCUT2D eigenvalue weighted by Crippen LogP contribution is 2.30. The molecule has 2 heterocycles. The van der Waals surface area contributed by atoms with Crippen LogP contribution in [0.25, 0.3) is 5.69 Å². The maximum Gasteiger partial charge on any atom is 0.239 e. The number of aliphatic hydroxyl groups is 1. The second kappa shape index (κ2) is 8.52. The topological polar surface area (TPSA) is 90.5 Å². The Hall–Kier alpha value is -2.73. The van der Waals surface area contributed by atoms with Crippen molar-refractivity contribution in [3.63, 3.8) is 0 Å². The summed E-state index contributed by atoms with van der Waals surface area (Å²) in [4.78, 5) is 14.6. The number of rotatable bonds is 5. The molecule has 1 amide bonds. The van der Waals surface area contributed by atoms with Crippen molar-refractivity contribution < 1.29 is 19.0 Å². The molecule has 2 N–H and O–H groups in total. The predicted molar refractivity (Wildman–Crippen MR) is 102 cm³/mol. The van der Waals surface area contributed by atoms with E-state index in [1.807, 2.05) is 18.7 Å². The van der Waals surface area contributed by atoms with Gasteiger partial charge in [0.15, 0.2) is 0 Å². The fourth-order valence-corrected chi connectivity index (χ4v) is 3.40. The number of benzene rings is 1. The lowest BCUT2D eigenvalue weighted by molar-refractivity contribution is -0.120. The molecule has 148 valence electrons. The van der Waals surface area contributed by atoms with Gasteiger partial charge in [-0.3, -0.25) is 14.3 Å². The van der Waals surface area contributed by atoms with Gasteiger partial charge in [0.2, 0.25) is 5.91 Å². The number of carbonyl (C=O) groups excluding carboxylic acids is 1. The van der Waals surface area contributed by atoms with Crippen molar-refractivity contribution in [2.45, 2.75) is 19.9 Å². The SMILES string of the molecule is Cc1c(C#N)c(NC(=O)CN2CCOC[C@@H]2CO)n(-c2ccc(F)cc2)c1C. The number of aromatic nitrogens is 1. The number of hydrogen-bond donors (Lipinski definition) is 2. The summed E-state index contributed by atoms with van der Waals surface area (Å²) >= 11 is 0. The van der Waals surface area contributed by atoms with E-state index in [0.717, 1.165) is 11.3 Å². The van der Waals surface area contributed by atoms with E-state index in [2.05, 4.69) is 11.4 Å². The summed E-state index contributed by atoms with van der Waals surface area (Å²) in [6, 6.07) is 7.79. The average molecular weight is 386 g/mol. The molecule has 1 aliphatic rings. The first-order valence-corrected chi connectivity index (χ1v) is 9.06. The predicted octanol–water partition coefficient (Wildman–Crippen LogP) is 1.74. The van der Waals surface area contributed by atoms with E-state index in [0.29, 0.717) is 36.8 Å². The van der Waals surface area contributed by atoms with Gasteiger partial charge in [0, 0.05) is 17.9 Å². The number of ether oxygens (including phenoxy) is 1. The van der Waals surface area contributed by atoms with Gasteiger partial charge in [-0.15, -0.1) is 0 Å². The van der Waals surface area contributed by atoms with Crippen LogP contribution in [0.3, 0.4) is 0 Å². The fourth-order valence-electron chi connectivity index (χ4n) is 3.40. The summed E-state index contributed by atoms with van der Waals surface area (Å²) < 4.78 is 20.4. The normalized spacial score (nSPS) is 17.3. The first kappa shape index (κ1) is 20.0. The van der Waals surface area contributed by atoms with Crippen LogP contribution in [0.1, 0.15) is 16.8 Å². The van der Waals surface area contributed by atoms with E-state index in [4.69, 9.17) is 4.74 Å². The number of aliphatic hydroxyl groups excluding tert-OH is 1. The minimum absolute atomic E-state index is 0.0755. The summed E-state index contributed by atoms with van der Waals surface area (Å²) in [6.45, 7) is 5.05. The van der Waals surface area contributed by atoms with Gasteiger partial charge in [-0.1, -0.05) is 0 Å². The summed E-state index contributed by atoms with van der Waals surface area (Å²) in [6.07, 6.45) is 0. The molecule has 2 aromatic rings. The maximum absolute atomic E-state index is 13.3. The zero-order valence-corrected chi connectivity index (χ0v) is 15.9. The molecule has 1 aromatic heterocycles. The number of hydrogen-bond acceptors (Lipinski definition) is 5. The van der Waals surface area contributed by atoms with Crippen molar-refractivity contribution in [1.82, 2.24) is 9.47 Å². The van der Waals surface area contributed by atoms with Crippen molar-refractivity contribution in [3.05, 3.63) is 46.9 Å². The molecule has 1 aliphatic heterocycles. The largest absolute Gasteiger partial charge is 0.395 e. The average Bonchev–Trinajstić information content (AvgIpc) is 2.92. The third-order valence-electron chi connectivity index (χ3n) is 5.07. The van der Waals surface area contributed by atoms with Crippen LogP contribution in [-0.4, -0.2) is 59.4 Å². The van der Waals surface area contributed by atoms with Gasteiger partial charge in [-0.2, -0.15) is 5.26 Å². The molecule has 0 unspecified atom stereocenters. The fraction of sp³-hybridized carbons (Fsp3) is 0.400. The third-order valence-corrected chi connectivity index (χ3v) is 5.07. The molecule has 1 atom stereocenters. The highest BCUT2D eigenvalue weighted by atomic mass is 19.1. The van der Waals surface area contributed by atoms with Gasteiger partial charge in [-0.25, -0.2) is 4.39 Å². The van der Waals surface area contributed by atoms with E-state index < -0.39 is 0 Å². The monoisotopic (exact) mass is 386 g/mol. The van der Waals surface area contributed by atoms with Gasteiger partial charge >= 0.3 is 0 Å². The van der Waals surface area contributed by atoms with Crippen molar-refractivity contribution in [2.24, 2.45) is 0 Å². The number of nitriles is 1. The first-order valence-electron chi connectivity index (χ1n) is 9.06. The number of carbonyl (C=O) groups is 1. The zero-order chi connectivity index (χ0) is 20.3. The van der Waals surface area contributed by atoms with Crippen LogP contribution < -0.4 is 5.32 Å². The summed E-state index contributed by atoms with van der Waals surface area (Å²) in [5.41, 5.74) is 2.56. The molecule has 1 aromatic carbocycles. The molecule has 0 bridgehead atoms. The molecular weight excluding hydrogens is 363 g/mol. The van der Waals surface area contributed by atoms with Crippen LogP contribution >= 0.6 is 0 Å². The molecule has 1 saturated heterocycles. The summed E-state index contributed by atoms with van der Waals surface area (Å²) in [5.74, 6) is -0.292. The Labute approximate surface area is 162 Å². The van der Waals surface area contributed by atoms with Crippen molar-refractivity contribution in [3.8, 4) is 11.8 Å². The standard InChI is InChI=1S/C20H23FN4O3/c1-13-14(2)25(16-5-3-15(21)4-6-16)20(18(13)9-22)23-19(27)10-24-7-8-28-12-17(24)11-26/h3-6,17,26H,7-8,10-12H2,1-2H3,(H,23,27)/t17-/m0/s1. The molecule has 7 nitrogen and oxygen atoms in total. The Morgan fingerprint density at radius 3 is 2.75 bits per heavy atom. The number of nitrogens with one attached hydrogen (secondary N) is 1. The second-order valence-electron chi connectivity index (χ2n) is 6.79. The van der Waals surface area contributed by atoms with Crippen molar-refractivity contribution in [2.75, 3.05) is 38.2 Å². The van der Waals surface area contributed by atoms with Crippen LogP contribution in [0.2, 0.25) is 0 Å². The van der Waals surface area contributed by atoms with Crippen molar-refractivity contribution in [1.29, 1.82) is 5.26 Å². The molecule has 28 heavy (non-hydrogen) atoms. The molecule has 0 radical (unpaired) electrons. The Bertz CT molecular complexity index is 902. The van der Waals surface area contributed by atoms with Gasteiger partial charge < -0.3 is 15.2 Å². The van der Waals surface area contributed by atoms with E-state index >= 15 is 0 Å². The number of morpholine rings is 1. The summed E-state index contributed by atoms with van der Waals surface area (Å²) in [5, 5.41) is 21.9. The number of anilines is 1. The van der Waals surface area contributed by atoms with Gasteiger partial charge in [0.05, 0.1) is 38.0 Å². The quantitative estimate of drug-likeness (QED) is 0.817. The van der Waals surface area contributed by atoms with Crippen LogP contribution in [0.15, 0.2) is 24.3 Å². The maximum atomic E-state index is 13.3. The molecule has 3 rings (SSSR count). The second-order valence-corrected chi connectivity index (χ2v) is 6.79. The number of amides is 1. The first-order chi connectivity index (χ1) is 13.5. The summed E-state index contributed by atoms with van der Waals surface area (Å²) in [7, 11) is 0. The lowest BCUT2D eigenvalue weighted by Gasteiger charge is -2.33. The van der Waals surface area contributed by atoms with Gasteiger partial charge in [0.1, 0.15) is 17.7 Å². The molecule has 8 heteroatoms. The van der Waals surface area contributed by atoms with Crippen molar-refractivity contribution >= 4 is 11.7 Å². The molecule has 0 saturated carbocycles. The molecular formula is C20H23FN4O3. The Balaban J connectivity index is 1.90.